The lowest BCUT2D eigenvalue weighted by Crippen LogP contribution is -2.42. The van der Waals surface area contributed by atoms with Crippen LogP contribution in [0.5, 0.6) is 5.75 Å². The Morgan fingerprint density at radius 2 is 1.93 bits per heavy atom. The smallest absolute Gasteiger partial charge is 0.325 e. The van der Waals surface area contributed by atoms with Gasteiger partial charge in [0.25, 0.3) is 5.91 Å². The Balaban J connectivity index is 1.59. The maximum atomic E-state index is 12.9. The van der Waals surface area contributed by atoms with Crippen LogP contribution in [-0.2, 0) is 21.7 Å². The molecule has 2 aromatic carbocycles. The monoisotopic (exact) mass is 418 g/mol. The molecular formula is C21H23ClN2O5. The van der Waals surface area contributed by atoms with Crippen molar-refractivity contribution in [2.24, 2.45) is 0 Å². The molecule has 1 aliphatic rings. The highest BCUT2D eigenvalue weighted by Crippen LogP contribution is 2.31. The maximum Gasteiger partial charge on any atom is 0.325 e. The van der Waals surface area contributed by atoms with Crippen LogP contribution in [0.15, 0.2) is 48.5 Å². The highest BCUT2D eigenvalue weighted by Gasteiger charge is 2.49. The van der Waals surface area contributed by atoms with Gasteiger partial charge in [-0.25, -0.2) is 4.79 Å². The Labute approximate surface area is 174 Å². The van der Waals surface area contributed by atoms with Crippen LogP contribution in [0.2, 0.25) is 5.02 Å². The van der Waals surface area contributed by atoms with E-state index in [9.17, 15) is 14.7 Å². The van der Waals surface area contributed by atoms with Crippen molar-refractivity contribution >= 4 is 23.5 Å². The molecule has 1 aliphatic heterocycles. The third-order valence-corrected chi connectivity index (χ3v) is 5.06. The number of urea groups is 1. The molecule has 0 spiro atoms. The minimum absolute atomic E-state index is 0.0183. The third kappa shape index (κ3) is 4.70. The van der Waals surface area contributed by atoms with Gasteiger partial charge in [-0.2, -0.15) is 0 Å². The Kier molecular flexibility index (Phi) is 6.42. The lowest BCUT2D eigenvalue weighted by molar-refractivity contribution is -0.132. The molecule has 8 heteroatoms. The van der Waals surface area contributed by atoms with Crippen LogP contribution >= 0.6 is 11.6 Å². The molecule has 1 saturated heterocycles. The molecule has 0 aromatic heterocycles. The average molecular weight is 419 g/mol. The highest BCUT2D eigenvalue weighted by atomic mass is 35.5. The van der Waals surface area contributed by atoms with E-state index in [0.717, 1.165) is 10.5 Å². The van der Waals surface area contributed by atoms with E-state index in [1.54, 1.807) is 43.3 Å². The number of benzene rings is 2. The summed E-state index contributed by atoms with van der Waals surface area (Å²) in [5, 5.41) is 13.6. The van der Waals surface area contributed by atoms with Crippen molar-refractivity contribution in [1.29, 1.82) is 0 Å². The zero-order chi connectivity index (χ0) is 21.0. The molecule has 0 aliphatic carbocycles. The number of carbonyl (C=O) groups is 2. The van der Waals surface area contributed by atoms with E-state index < -0.39 is 23.6 Å². The lowest BCUT2D eigenvalue weighted by atomic mass is 9.92. The van der Waals surface area contributed by atoms with Crippen molar-refractivity contribution in [2.75, 3.05) is 20.3 Å². The van der Waals surface area contributed by atoms with Gasteiger partial charge in [0.05, 0.1) is 33.0 Å². The Morgan fingerprint density at radius 3 is 2.62 bits per heavy atom. The van der Waals surface area contributed by atoms with Gasteiger partial charge in [0.1, 0.15) is 11.3 Å². The molecule has 3 amide bonds. The topological polar surface area (TPSA) is 88.1 Å². The van der Waals surface area contributed by atoms with Crippen LogP contribution < -0.4 is 10.1 Å². The fraction of sp³-hybridized carbons (Fsp3) is 0.333. The van der Waals surface area contributed by atoms with E-state index in [4.69, 9.17) is 21.1 Å². The molecule has 154 valence electrons. The first-order chi connectivity index (χ1) is 13.8. The molecule has 0 saturated carbocycles. The summed E-state index contributed by atoms with van der Waals surface area (Å²) < 4.78 is 10.7. The van der Waals surface area contributed by atoms with Gasteiger partial charge in [-0.3, -0.25) is 9.69 Å². The molecule has 2 N–H and O–H groups in total. The Morgan fingerprint density at radius 1 is 1.21 bits per heavy atom. The minimum Gasteiger partial charge on any atom is -0.497 e. The Bertz CT molecular complexity index is 889. The van der Waals surface area contributed by atoms with Crippen molar-refractivity contribution < 1.29 is 24.2 Å². The Hall–Kier alpha value is -2.61. The first-order valence-corrected chi connectivity index (χ1v) is 9.50. The van der Waals surface area contributed by atoms with Crippen molar-refractivity contribution in [1.82, 2.24) is 10.2 Å². The summed E-state index contributed by atoms with van der Waals surface area (Å²) in [7, 11) is 1.53. The number of ether oxygens (including phenoxy) is 2. The highest BCUT2D eigenvalue weighted by molar-refractivity contribution is 6.30. The molecular weight excluding hydrogens is 396 g/mol. The second kappa shape index (κ2) is 8.82. The minimum atomic E-state index is -1.23. The molecule has 2 atom stereocenters. The molecule has 0 radical (unpaired) electrons. The molecule has 3 rings (SSSR count). The van der Waals surface area contributed by atoms with Crippen LogP contribution in [0, 0.1) is 0 Å². The molecule has 0 bridgehead atoms. The molecule has 1 heterocycles. The van der Waals surface area contributed by atoms with E-state index >= 15 is 0 Å². The van der Waals surface area contributed by atoms with E-state index in [2.05, 4.69) is 5.32 Å². The van der Waals surface area contributed by atoms with E-state index in [-0.39, 0.29) is 19.8 Å². The van der Waals surface area contributed by atoms with Gasteiger partial charge in [0, 0.05) is 5.02 Å². The van der Waals surface area contributed by atoms with Crippen LogP contribution in [0.25, 0.3) is 0 Å². The summed E-state index contributed by atoms with van der Waals surface area (Å²) in [6.07, 6.45) is -1.01. The quantitative estimate of drug-likeness (QED) is 0.643. The molecule has 7 nitrogen and oxygen atoms in total. The summed E-state index contributed by atoms with van der Waals surface area (Å²) in [5.41, 5.74) is 0.281. The average Bonchev–Trinajstić information content (AvgIpc) is 2.93. The number of halogens is 1. The van der Waals surface area contributed by atoms with Gasteiger partial charge in [-0.05, 0) is 42.3 Å². The van der Waals surface area contributed by atoms with Gasteiger partial charge in [0.15, 0.2) is 0 Å². The summed E-state index contributed by atoms with van der Waals surface area (Å²) in [6.45, 7) is 1.74. The second-order valence-corrected chi connectivity index (χ2v) is 7.43. The standard InChI is InChI=1S/C21H23ClN2O5/c1-21(15-4-3-5-18(10-15)28-2)19(26)24(20(27)23-21)11-17(25)13-29-12-14-6-8-16(22)9-7-14/h3-10,17,25H,11-13H2,1-2H3,(H,23,27)/t17-,21+/m1/s1. The number of carbonyl (C=O) groups excluding carboxylic acids is 2. The number of aliphatic hydroxyl groups excluding tert-OH is 1. The van der Waals surface area contributed by atoms with Crippen molar-refractivity contribution in [2.45, 2.75) is 25.2 Å². The van der Waals surface area contributed by atoms with Crippen molar-refractivity contribution in [3.05, 3.63) is 64.7 Å². The van der Waals surface area contributed by atoms with Crippen LogP contribution in [-0.4, -0.2) is 48.3 Å². The maximum absolute atomic E-state index is 12.9. The zero-order valence-electron chi connectivity index (χ0n) is 16.2. The molecule has 1 fully saturated rings. The van der Waals surface area contributed by atoms with Gasteiger partial charge in [0.2, 0.25) is 0 Å². The fourth-order valence-electron chi connectivity index (χ4n) is 3.15. The summed E-state index contributed by atoms with van der Waals surface area (Å²) in [6, 6.07) is 13.6. The number of methoxy groups -OCH3 is 1. The number of aliphatic hydroxyl groups is 1. The van der Waals surface area contributed by atoms with Crippen LogP contribution in [0.1, 0.15) is 18.1 Å². The third-order valence-electron chi connectivity index (χ3n) is 4.81. The van der Waals surface area contributed by atoms with Crippen LogP contribution in [0.3, 0.4) is 0 Å². The number of nitrogens with zero attached hydrogens (tertiary/aromatic N) is 1. The predicted octanol–water partition coefficient (Wildman–Crippen LogP) is 2.69. The van der Waals surface area contributed by atoms with E-state index in [1.165, 1.54) is 7.11 Å². The number of rotatable bonds is 8. The van der Waals surface area contributed by atoms with Crippen molar-refractivity contribution in [3.63, 3.8) is 0 Å². The number of β-amino-alcohol motifs (C(OH)–C–C–N with tert-alkyl or cyclic N) is 1. The summed E-state index contributed by atoms with van der Waals surface area (Å²) in [5.74, 6) is 0.146. The number of hydrogen-bond acceptors (Lipinski definition) is 5. The van der Waals surface area contributed by atoms with Gasteiger partial charge >= 0.3 is 6.03 Å². The van der Waals surface area contributed by atoms with E-state index in [0.29, 0.717) is 16.3 Å². The molecule has 29 heavy (non-hydrogen) atoms. The van der Waals surface area contributed by atoms with Gasteiger partial charge in [-0.1, -0.05) is 35.9 Å². The SMILES string of the molecule is COc1cccc([C@]2(C)NC(=O)N(C[C@@H](O)COCc3ccc(Cl)cc3)C2=O)c1. The summed E-state index contributed by atoms with van der Waals surface area (Å²) in [4.78, 5) is 26.3. The van der Waals surface area contributed by atoms with Gasteiger partial charge < -0.3 is 19.9 Å². The largest absolute Gasteiger partial charge is 0.497 e. The number of imide groups is 1. The lowest BCUT2D eigenvalue weighted by Gasteiger charge is -2.23. The first kappa shape index (κ1) is 21.1. The van der Waals surface area contributed by atoms with Crippen molar-refractivity contribution in [3.8, 4) is 5.75 Å². The number of amides is 3. The predicted molar refractivity (Wildman–Crippen MR) is 108 cm³/mol. The number of nitrogens with one attached hydrogen (secondary N) is 1. The number of hydrogen-bond donors (Lipinski definition) is 2. The fourth-order valence-corrected chi connectivity index (χ4v) is 3.28. The first-order valence-electron chi connectivity index (χ1n) is 9.12. The summed E-state index contributed by atoms with van der Waals surface area (Å²) >= 11 is 5.84. The van der Waals surface area contributed by atoms with Crippen LogP contribution in [0.4, 0.5) is 4.79 Å². The normalized spacial score (nSPS) is 19.9. The van der Waals surface area contributed by atoms with E-state index in [1.807, 2.05) is 12.1 Å². The zero-order valence-corrected chi connectivity index (χ0v) is 17.0. The van der Waals surface area contributed by atoms with Gasteiger partial charge in [-0.15, -0.1) is 0 Å². The molecule has 2 aromatic rings. The second-order valence-electron chi connectivity index (χ2n) is 7.00. The molecule has 0 unspecified atom stereocenters.